The van der Waals surface area contributed by atoms with Crippen LogP contribution in [0, 0.1) is 15.9 Å². The van der Waals surface area contributed by atoms with E-state index in [1.807, 2.05) is 30.2 Å². The Kier molecular flexibility index (Phi) is 7.35. The van der Waals surface area contributed by atoms with Crippen LogP contribution < -0.4 is 4.90 Å². The number of piperazine rings is 1. The molecule has 5 rings (SSSR count). The first-order chi connectivity index (χ1) is 19.0. The average Bonchev–Trinajstić information content (AvgIpc) is 3.68. The number of ether oxygens (including phenoxy) is 2. The number of hydrogen-bond acceptors (Lipinski definition) is 8. The number of esters is 1. The first-order valence-electron chi connectivity index (χ1n) is 13.3. The Hall–Kier alpha value is -4.22. The van der Waals surface area contributed by atoms with Gasteiger partial charge in [-0.1, -0.05) is 0 Å². The summed E-state index contributed by atoms with van der Waals surface area (Å²) in [6, 6.07) is 9.17. The van der Waals surface area contributed by atoms with Gasteiger partial charge in [0.25, 0.3) is 5.69 Å². The molecule has 2 aromatic carbocycles. The summed E-state index contributed by atoms with van der Waals surface area (Å²) in [5.74, 6) is -0.391. The predicted octanol–water partition coefficient (Wildman–Crippen LogP) is 4.76. The third-order valence-corrected chi connectivity index (χ3v) is 6.86. The van der Waals surface area contributed by atoms with Crippen LogP contribution in [0.15, 0.2) is 36.4 Å². The van der Waals surface area contributed by atoms with Crippen LogP contribution in [0.3, 0.4) is 0 Å². The second kappa shape index (κ2) is 10.7. The van der Waals surface area contributed by atoms with Crippen LogP contribution in [0.25, 0.3) is 11.0 Å². The molecule has 40 heavy (non-hydrogen) atoms. The Morgan fingerprint density at radius 2 is 1.77 bits per heavy atom. The molecule has 12 heteroatoms. The zero-order valence-corrected chi connectivity index (χ0v) is 22.8. The largest absolute Gasteiger partial charge is 0.460 e. The third kappa shape index (κ3) is 6.16. The highest BCUT2D eigenvalue weighted by Crippen LogP contribution is 2.40. The number of amides is 1. The van der Waals surface area contributed by atoms with E-state index in [1.54, 1.807) is 23.1 Å². The lowest BCUT2D eigenvalue weighted by molar-refractivity contribution is -0.384. The van der Waals surface area contributed by atoms with Crippen molar-refractivity contribution < 1.29 is 28.4 Å². The summed E-state index contributed by atoms with van der Waals surface area (Å²) in [4.78, 5) is 43.6. The lowest BCUT2D eigenvalue weighted by atomic mass is 10.2. The maximum absolute atomic E-state index is 15.3. The molecule has 1 aliphatic heterocycles. The summed E-state index contributed by atoms with van der Waals surface area (Å²) >= 11 is 0. The molecule has 3 aromatic rings. The van der Waals surface area contributed by atoms with Crippen molar-refractivity contribution >= 4 is 34.5 Å². The highest BCUT2D eigenvalue weighted by Gasteiger charge is 2.31. The van der Waals surface area contributed by atoms with Gasteiger partial charge < -0.3 is 23.8 Å². The number of aromatic nitrogens is 2. The minimum absolute atomic E-state index is 0.0193. The summed E-state index contributed by atoms with van der Waals surface area (Å²) in [6.07, 6.45) is 1.43. The smallest absolute Gasteiger partial charge is 0.410 e. The second-order valence-electron chi connectivity index (χ2n) is 11.1. The van der Waals surface area contributed by atoms with Gasteiger partial charge in [0, 0.05) is 50.4 Å². The van der Waals surface area contributed by atoms with E-state index < -0.39 is 22.3 Å². The number of carbonyl (C=O) groups is 2. The quantitative estimate of drug-likeness (QED) is 0.233. The van der Waals surface area contributed by atoms with Crippen molar-refractivity contribution in [1.82, 2.24) is 14.5 Å². The van der Waals surface area contributed by atoms with E-state index in [4.69, 9.17) is 9.47 Å². The predicted molar refractivity (Wildman–Crippen MR) is 145 cm³/mol. The second-order valence-corrected chi connectivity index (χ2v) is 11.1. The van der Waals surface area contributed by atoms with Crippen molar-refractivity contribution in [2.24, 2.45) is 0 Å². The molecule has 0 spiro atoms. The van der Waals surface area contributed by atoms with Gasteiger partial charge in [-0.15, -0.1) is 0 Å². The minimum atomic E-state index is -0.582. The van der Waals surface area contributed by atoms with Gasteiger partial charge in [0.2, 0.25) is 0 Å². The van der Waals surface area contributed by atoms with Crippen molar-refractivity contribution in [3.05, 3.63) is 63.7 Å². The molecule has 1 amide bonds. The van der Waals surface area contributed by atoms with Crippen LogP contribution in [-0.2, 0) is 27.3 Å². The van der Waals surface area contributed by atoms with Crippen LogP contribution in [0.5, 0.6) is 0 Å². The zero-order chi connectivity index (χ0) is 28.6. The molecule has 212 valence electrons. The van der Waals surface area contributed by atoms with E-state index in [0.717, 1.165) is 18.4 Å². The van der Waals surface area contributed by atoms with Crippen molar-refractivity contribution in [2.75, 3.05) is 31.1 Å². The molecule has 2 fully saturated rings. The van der Waals surface area contributed by atoms with E-state index in [2.05, 4.69) is 4.98 Å². The Bertz CT molecular complexity index is 1440. The zero-order valence-electron chi connectivity index (χ0n) is 22.8. The Balaban J connectivity index is 1.28. The fourth-order valence-corrected chi connectivity index (χ4v) is 4.78. The summed E-state index contributed by atoms with van der Waals surface area (Å²) < 4.78 is 28.1. The summed E-state index contributed by atoms with van der Waals surface area (Å²) in [5, 5.41) is 10.8. The SMILES string of the molecule is CC(C)(C)OC(=O)N1CCN(c2cc3c(cc2F)nc(CC(=O)OCc2ccc([N+](=O)[O-])cc2)n3C2CC2)CC1. The van der Waals surface area contributed by atoms with E-state index in [1.165, 1.54) is 18.2 Å². The van der Waals surface area contributed by atoms with Gasteiger partial charge in [0.1, 0.15) is 30.3 Å². The number of carbonyl (C=O) groups excluding carboxylic acids is 2. The molecule has 1 aliphatic carbocycles. The van der Waals surface area contributed by atoms with Gasteiger partial charge in [-0.05, 0) is 57.4 Å². The minimum Gasteiger partial charge on any atom is -0.460 e. The molecule has 0 unspecified atom stereocenters. The maximum Gasteiger partial charge on any atom is 0.410 e. The number of anilines is 1. The lowest BCUT2D eigenvalue weighted by Gasteiger charge is -2.36. The Morgan fingerprint density at radius 3 is 2.38 bits per heavy atom. The Labute approximate surface area is 230 Å². The van der Waals surface area contributed by atoms with E-state index in [0.29, 0.717) is 48.8 Å². The fraction of sp³-hybridized carbons (Fsp3) is 0.464. The molecule has 0 bridgehead atoms. The van der Waals surface area contributed by atoms with E-state index >= 15 is 4.39 Å². The van der Waals surface area contributed by atoms with Crippen LogP contribution in [-0.4, -0.2) is 63.2 Å². The number of nitro groups is 1. The highest BCUT2D eigenvalue weighted by molar-refractivity contribution is 5.83. The Morgan fingerprint density at radius 1 is 1.10 bits per heavy atom. The van der Waals surface area contributed by atoms with Crippen molar-refractivity contribution in [3.8, 4) is 0 Å². The average molecular weight is 554 g/mol. The third-order valence-electron chi connectivity index (χ3n) is 6.86. The highest BCUT2D eigenvalue weighted by atomic mass is 19.1. The number of hydrogen-bond donors (Lipinski definition) is 0. The summed E-state index contributed by atoms with van der Waals surface area (Å²) in [5.41, 5.74) is 1.68. The van der Waals surface area contributed by atoms with Gasteiger partial charge in [-0.2, -0.15) is 0 Å². The first-order valence-corrected chi connectivity index (χ1v) is 13.3. The maximum atomic E-state index is 15.3. The number of fused-ring (bicyclic) bond motifs is 1. The molecule has 1 aromatic heterocycles. The molecule has 0 N–H and O–H groups in total. The molecule has 1 saturated heterocycles. The first kappa shape index (κ1) is 27.4. The topological polar surface area (TPSA) is 120 Å². The van der Waals surface area contributed by atoms with Gasteiger partial charge in [0.15, 0.2) is 0 Å². The van der Waals surface area contributed by atoms with Crippen LogP contribution >= 0.6 is 0 Å². The molecule has 0 radical (unpaired) electrons. The van der Waals surface area contributed by atoms with Gasteiger partial charge in [0.05, 0.1) is 21.6 Å². The van der Waals surface area contributed by atoms with Crippen molar-refractivity contribution in [3.63, 3.8) is 0 Å². The van der Waals surface area contributed by atoms with Gasteiger partial charge in [-0.3, -0.25) is 14.9 Å². The molecular formula is C28H32FN5O6. The van der Waals surface area contributed by atoms with E-state index in [-0.39, 0.29) is 30.9 Å². The molecular weight excluding hydrogens is 521 g/mol. The molecule has 11 nitrogen and oxygen atoms in total. The monoisotopic (exact) mass is 553 g/mol. The van der Waals surface area contributed by atoms with Crippen molar-refractivity contribution in [1.29, 1.82) is 0 Å². The van der Waals surface area contributed by atoms with Gasteiger partial charge in [-0.25, -0.2) is 14.2 Å². The number of nitrogens with zero attached hydrogens (tertiary/aromatic N) is 5. The van der Waals surface area contributed by atoms with Crippen LogP contribution in [0.4, 0.5) is 20.6 Å². The standard InChI is InChI=1S/C28H32FN5O6/c1-28(2,3)40-27(36)32-12-10-31(11-13-32)23-15-24-22(14-21(23)29)30-25(33(24)19-8-9-19)16-26(35)39-17-18-4-6-20(7-5-18)34(37)38/h4-7,14-15,19H,8-13,16-17H2,1-3H3. The van der Waals surface area contributed by atoms with Crippen LogP contribution in [0.1, 0.15) is 51.0 Å². The normalized spacial score (nSPS) is 15.8. The number of benzene rings is 2. The van der Waals surface area contributed by atoms with Gasteiger partial charge >= 0.3 is 12.1 Å². The summed E-state index contributed by atoms with van der Waals surface area (Å²) in [7, 11) is 0. The number of nitro benzene ring substituents is 1. The number of rotatable bonds is 7. The number of imidazole rings is 1. The molecule has 0 atom stereocenters. The van der Waals surface area contributed by atoms with Crippen molar-refractivity contribution in [2.45, 2.75) is 58.3 Å². The molecule has 2 aliphatic rings. The van der Waals surface area contributed by atoms with E-state index in [9.17, 15) is 19.7 Å². The van der Waals surface area contributed by atoms with Crippen LogP contribution in [0.2, 0.25) is 0 Å². The molecule has 2 heterocycles. The number of halogens is 1. The lowest BCUT2D eigenvalue weighted by Crippen LogP contribution is -2.50. The summed E-state index contributed by atoms with van der Waals surface area (Å²) in [6.45, 7) is 7.20. The number of non-ortho nitro benzene ring substituents is 1. The fourth-order valence-electron chi connectivity index (χ4n) is 4.78. The molecule has 1 saturated carbocycles.